The van der Waals surface area contributed by atoms with Gasteiger partial charge in [0.15, 0.2) is 0 Å². The van der Waals surface area contributed by atoms with Gasteiger partial charge in [0, 0.05) is 0 Å². The first kappa shape index (κ1) is 10.5. The van der Waals surface area contributed by atoms with Crippen LogP contribution in [0.4, 0.5) is 10.1 Å². The second kappa shape index (κ2) is 4.21. The first-order valence-electron chi connectivity index (χ1n) is 5.74. The number of benzene rings is 1. The number of rotatable bonds is 1. The predicted molar refractivity (Wildman–Crippen MR) is 61.2 cm³/mol. The maximum absolute atomic E-state index is 13.8. The Bertz CT molecular complexity index is 348. The molecule has 0 amide bonds. The van der Waals surface area contributed by atoms with Gasteiger partial charge in [0.05, 0.1) is 5.69 Å². The molecule has 1 aliphatic carbocycles. The van der Waals surface area contributed by atoms with E-state index in [2.05, 4.69) is 6.92 Å². The molecule has 0 aromatic heterocycles. The van der Waals surface area contributed by atoms with E-state index in [4.69, 9.17) is 5.73 Å². The van der Waals surface area contributed by atoms with Crippen LogP contribution in [0.15, 0.2) is 18.2 Å². The molecule has 82 valence electrons. The summed E-state index contributed by atoms with van der Waals surface area (Å²) in [5, 5.41) is 0. The molecule has 1 fully saturated rings. The Morgan fingerprint density at radius 2 is 2.00 bits per heavy atom. The van der Waals surface area contributed by atoms with E-state index in [0.29, 0.717) is 11.8 Å². The van der Waals surface area contributed by atoms with Crippen LogP contribution in [0.2, 0.25) is 0 Å². The molecule has 1 aromatic rings. The van der Waals surface area contributed by atoms with E-state index in [0.717, 1.165) is 12.0 Å². The number of hydrogen-bond acceptors (Lipinski definition) is 1. The number of anilines is 1. The van der Waals surface area contributed by atoms with Crippen LogP contribution in [0.5, 0.6) is 0 Å². The Morgan fingerprint density at radius 3 is 2.73 bits per heavy atom. The minimum absolute atomic E-state index is 0.198. The van der Waals surface area contributed by atoms with Gasteiger partial charge in [0.1, 0.15) is 5.82 Å². The Labute approximate surface area is 90.5 Å². The van der Waals surface area contributed by atoms with Crippen molar-refractivity contribution >= 4 is 5.69 Å². The maximum Gasteiger partial charge on any atom is 0.149 e. The highest BCUT2D eigenvalue weighted by molar-refractivity contribution is 5.44. The summed E-state index contributed by atoms with van der Waals surface area (Å²) in [5.74, 6) is 0.744. The van der Waals surface area contributed by atoms with E-state index in [1.165, 1.54) is 19.3 Å². The zero-order valence-corrected chi connectivity index (χ0v) is 9.17. The Morgan fingerprint density at radius 1 is 1.27 bits per heavy atom. The molecule has 0 saturated heterocycles. The highest BCUT2D eigenvalue weighted by Gasteiger charge is 2.25. The lowest BCUT2D eigenvalue weighted by molar-refractivity contribution is 0.323. The lowest BCUT2D eigenvalue weighted by atomic mass is 9.76. The Kier molecular flexibility index (Phi) is 2.94. The first-order valence-corrected chi connectivity index (χ1v) is 5.74. The van der Waals surface area contributed by atoms with Crippen LogP contribution in [-0.2, 0) is 0 Å². The third-order valence-electron chi connectivity index (χ3n) is 3.57. The lowest BCUT2D eigenvalue weighted by Crippen LogP contribution is -2.16. The van der Waals surface area contributed by atoms with Crippen molar-refractivity contribution in [3.05, 3.63) is 29.6 Å². The van der Waals surface area contributed by atoms with Gasteiger partial charge >= 0.3 is 0 Å². The molecule has 0 unspecified atom stereocenters. The molecule has 2 heteroatoms. The SMILES string of the molecule is C[C@H]1CCCC[C@H]1c1cccc(N)c1F. The smallest absolute Gasteiger partial charge is 0.149 e. The van der Waals surface area contributed by atoms with Gasteiger partial charge in [-0.1, -0.05) is 38.3 Å². The number of nitrogen functional groups attached to an aromatic ring is 1. The molecule has 2 rings (SSSR count). The normalized spacial score (nSPS) is 26.5. The fraction of sp³-hybridized carbons (Fsp3) is 0.538. The third kappa shape index (κ3) is 1.99. The van der Waals surface area contributed by atoms with Crippen molar-refractivity contribution < 1.29 is 4.39 Å². The predicted octanol–water partition coefficient (Wildman–Crippen LogP) is 3.70. The average Bonchev–Trinajstić information content (AvgIpc) is 2.23. The molecule has 0 aliphatic heterocycles. The lowest BCUT2D eigenvalue weighted by Gasteiger charge is -2.29. The molecular formula is C13H18FN. The highest BCUT2D eigenvalue weighted by atomic mass is 19.1. The summed E-state index contributed by atoms with van der Waals surface area (Å²) in [6.45, 7) is 2.21. The van der Waals surface area contributed by atoms with Crippen molar-refractivity contribution in [3.8, 4) is 0 Å². The fourth-order valence-corrected chi connectivity index (χ4v) is 2.63. The average molecular weight is 207 g/mol. The van der Waals surface area contributed by atoms with Crippen LogP contribution in [0.3, 0.4) is 0 Å². The summed E-state index contributed by atoms with van der Waals surface area (Å²) < 4.78 is 13.8. The number of hydrogen-bond donors (Lipinski definition) is 1. The zero-order chi connectivity index (χ0) is 10.8. The zero-order valence-electron chi connectivity index (χ0n) is 9.17. The molecule has 1 aliphatic rings. The first-order chi connectivity index (χ1) is 7.20. The van der Waals surface area contributed by atoms with E-state index < -0.39 is 0 Å². The topological polar surface area (TPSA) is 26.0 Å². The van der Waals surface area contributed by atoms with Gasteiger partial charge in [-0.15, -0.1) is 0 Å². The largest absolute Gasteiger partial charge is 0.396 e. The van der Waals surface area contributed by atoms with E-state index in [9.17, 15) is 4.39 Å². The van der Waals surface area contributed by atoms with Crippen LogP contribution in [0.1, 0.15) is 44.1 Å². The molecule has 0 radical (unpaired) electrons. The molecule has 0 heterocycles. The van der Waals surface area contributed by atoms with Gasteiger partial charge in [0.25, 0.3) is 0 Å². The molecule has 2 N–H and O–H groups in total. The number of halogens is 1. The van der Waals surface area contributed by atoms with E-state index in [-0.39, 0.29) is 11.5 Å². The summed E-state index contributed by atoms with van der Waals surface area (Å²) in [7, 11) is 0. The van der Waals surface area contributed by atoms with Crippen molar-refractivity contribution in [1.29, 1.82) is 0 Å². The second-order valence-electron chi connectivity index (χ2n) is 4.62. The van der Waals surface area contributed by atoms with Crippen LogP contribution < -0.4 is 5.73 Å². The van der Waals surface area contributed by atoms with E-state index >= 15 is 0 Å². The molecule has 1 nitrogen and oxygen atoms in total. The van der Waals surface area contributed by atoms with Crippen LogP contribution in [0.25, 0.3) is 0 Å². The standard InChI is InChI=1S/C13H18FN/c1-9-5-2-3-6-10(9)11-7-4-8-12(15)13(11)14/h4,7-10H,2-3,5-6,15H2,1H3/t9-,10+/m0/s1. The van der Waals surface area contributed by atoms with Gasteiger partial charge in [-0.3, -0.25) is 0 Å². The summed E-state index contributed by atoms with van der Waals surface area (Å²) in [6, 6.07) is 5.37. The van der Waals surface area contributed by atoms with E-state index in [1.807, 2.05) is 12.1 Å². The van der Waals surface area contributed by atoms with Crippen LogP contribution >= 0.6 is 0 Å². The summed E-state index contributed by atoms with van der Waals surface area (Å²) in [6.07, 6.45) is 4.80. The van der Waals surface area contributed by atoms with Gasteiger partial charge in [-0.05, 0) is 29.9 Å². The second-order valence-corrected chi connectivity index (χ2v) is 4.62. The van der Waals surface area contributed by atoms with Crippen molar-refractivity contribution in [2.24, 2.45) is 5.92 Å². The fourth-order valence-electron chi connectivity index (χ4n) is 2.63. The Balaban J connectivity index is 2.31. The number of nitrogens with two attached hydrogens (primary N) is 1. The minimum atomic E-state index is -0.198. The van der Waals surface area contributed by atoms with Crippen LogP contribution in [0, 0.1) is 11.7 Å². The quantitative estimate of drug-likeness (QED) is 0.698. The highest BCUT2D eigenvalue weighted by Crippen LogP contribution is 2.39. The summed E-state index contributed by atoms with van der Waals surface area (Å²) >= 11 is 0. The van der Waals surface area contributed by atoms with Crippen molar-refractivity contribution in [3.63, 3.8) is 0 Å². The Hall–Kier alpha value is -1.05. The molecule has 0 spiro atoms. The summed E-state index contributed by atoms with van der Waals surface area (Å²) in [5.41, 5.74) is 6.70. The maximum atomic E-state index is 13.8. The van der Waals surface area contributed by atoms with Gasteiger partial charge in [-0.25, -0.2) is 4.39 Å². The van der Waals surface area contributed by atoms with Gasteiger partial charge < -0.3 is 5.73 Å². The van der Waals surface area contributed by atoms with Crippen molar-refractivity contribution in [2.75, 3.05) is 5.73 Å². The molecule has 1 aromatic carbocycles. The van der Waals surface area contributed by atoms with Crippen LogP contribution in [-0.4, -0.2) is 0 Å². The monoisotopic (exact) mass is 207 g/mol. The van der Waals surface area contributed by atoms with Gasteiger partial charge in [0.2, 0.25) is 0 Å². The molecule has 1 saturated carbocycles. The third-order valence-corrected chi connectivity index (χ3v) is 3.57. The van der Waals surface area contributed by atoms with Crippen molar-refractivity contribution in [1.82, 2.24) is 0 Å². The molecule has 0 bridgehead atoms. The van der Waals surface area contributed by atoms with Crippen molar-refractivity contribution in [2.45, 2.75) is 38.5 Å². The summed E-state index contributed by atoms with van der Waals surface area (Å²) in [4.78, 5) is 0. The van der Waals surface area contributed by atoms with E-state index in [1.54, 1.807) is 6.07 Å². The molecular weight excluding hydrogens is 189 g/mol. The minimum Gasteiger partial charge on any atom is -0.396 e. The molecule has 2 atom stereocenters. The molecule has 15 heavy (non-hydrogen) atoms. The van der Waals surface area contributed by atoms with Gasteiger partial charge in [-0.2, -0.15) is 0 Å².